The van der Waals surface area contributed by atoms with E-state index in [1.165, 1.54) is 27.4 Å². The molecular formula is C11H12N6O3S. The summed E-state index contributed by atoms with van der Waals surface area (Å²) < 4.78 is 1.37. The predicted molar refractivity (Wildman–Crippen MR) is 73.6 cm³/mol. The van der Waals surface area contributed by atoms with Crippen LogP contribution in [-0.4, -0.2) is 58.8 Å². The number of amides is 1. The molecule has 1 fully saturated rings. The molecule has 1 saturated heterocycles. The van der Waals surface area contributed by atoms with Crippen LogP contribution in [0.15, 0.2) is 18.4 Å². The van der Waals surface area contributed by atoms with E-state index >= 15 is 0 Å². The van der Waals surface area contributed by atoms with Gasteiger partial charge in [0.1, 0.15) is 16.6 Å². The molecule has 3 rings (SSSR count). The van der Waals surface area contributed by atoms with Crippen molar-refractivity contribution < 1.29 is 14.7 Å². The van der Waals surface area contributed by atoms with Crippen LogP contribution in [-0.2, 0) is 16.6 Å². The lowest BCUT2D eigenvalue weighted by Gasteiger charge is -2.54. The molecule has 0 saturated carbocycles. The van der Waals surface area contributed by atoms with Gasteiger partial charge in [0.05, 0.1) is 0 Å². The third-order valence-electron chi connectivity index (χ3n) is 3.58. The van der Waals surface area contributed by atoms with Crippen LogP contribution in [0.2, 0.25) is 0 Å². The standard InChI is InChI=1S/C11H12N6O3S/c1-3-11(12)9(20)17-6(8(18)19)5(4-21-10(11)17)7-13-14-15-16(7)2/h3,10H,1,4,12H2,2H3,(H,18,19)/t10-,11?/m0/s1. The smallest absolute Gasteiger partial charge is 0.353 e. The highest BCUT2D eigenvalue weighted by molar-refractivity contribution is 8.00. The molecule has 0 aromatic carbocycles. The second kappa shape index (κ2) is 4.40. The van der Waals surface area contributed by atoms with Gasteiger partial charge in [-0.2, -0.15) is 0 Å². The first-order valence-corrected chi connectivity index (χ1v) is 7.03. The van der Waals surface area contributed by atoms with Crippen molar-refractivity contribution in [3.05, 3.63) is 24.2 Å². The Morgan fingerprint density at radius 2 is 2.38 bits per heavy atom. The molecule has 2 aliphatic heterocycles. The van der Waals surface area contributed by atoms with Crippen LogP contribution >= 0.6 is 11.8 Å². The summed E-state index contributed by atoms with van der Waals surface area (Å²) in [5.41, 5.74) is 5.02. The van der Waals surface area contributed by atoms with E-state index < -0.39 is 22.8 Å². The fraction of sp³-hybridized carbons (Fsp3) is 0.364. The SMILES string of the molecule is C=CC1(N)C(=O)N2C(C(=O)O)=C(c3nnnn3C)CS[C@H]21. The molecule has 1 amide bonds. The Balaban J connectivity index is 2.13. The van der Waals surface area contributed by atoms with Crippen molar-refractivity contribution in [3.8, 4) is 0 Å². The Morgan fingerprint density at radius 3 is 2.90 bits per heavy atom. The molecule has 0 spiro atoms. The molecule has 10 heteroatoms. The second-order valence-corrected chi connectivity index (χ2v) is 5.80. The van der Waals surface area contributed by atoms with Gasteiger partial charge in [0.15, 0.2) is 5.82 Å². The number of tetrazole rings is 1. The Labute approximate surface area is 123 Å². The number of carboxylic acid groups (broad SMARTS) is 1. The van der Waals surface area contributed by atoms with Gasteiger partial charge in [-0.05, 0) is 10.4 Å². The number of hydrogen-bond acceptors (Lipinski definition) is 7. The highest BCUT2D eigenvalue weighted by atomic mass is 32.2. The number of aromatic nitrogens is 4. The molecular weight excluding hydrogens is 296 g/mol. The maximum Gasteiger partial charge on any atom is 0.353 e. The van der Waals surface area contributed by atoms with Gasteiger partial charge < -0.3 is 10.8 Å². The number of thioether (sulfide) groups is 1. The molecule has 21 heavy (non-hydrogen) atoms. The van der Waals surface area contributed by atoms with Crippen molar-refractivity contribution >= 4 is 29.2 Å². The maximum absolute atomic E-state index is 12.2. The van der Waals surface area contributed by atoms with Crippen LogP contribution in [0, 0.1) is 0 Å². The van der Waals surface area contributed by atoms with Gasteiger partial charge in [-0.25, -0.2) is 9.48 Å². The van der Waals surface area contributed by atoms with Crippen molar-refractivity contribution in [2.24, 2.45) is 12.8 Å². The summed E-state index contributed by atoms with van der Waals surface area (Å²) in [5.74, 6) is -1.03. The molecule has 3 heterocycles. The number of carboxylic acids is 1. The summed E-state index contributed by atoms with van der Waals surface area (Å²) >= 11 is 1.36. The van der Waals surface area contributed by atoms with Gasteiger partial charge in [-0.1, -0.05) is 6.08 Å². The van der Waals surface area contributed by atoms with E-state index in [0.717, 1.165) is 0 Å². The largest absolute Gasteiger partial charge is 0.477 e. The number of carbonyl (C=O) groups is 2. The third-order valence-corrected chi connectivity index (χ3v) is 4.95. The predicted octanol–water partition coefficient (Wildman–Crippen LogP) is -1.20. The molecule has 110 valence electrons. The second-order valence-electron chi connectivity index (χ2n) is 4.73. The van der Waals surface area contributed by atoms with Gasteiger partial charge >= 0.3 is 5.97 Å². The third kappa shape index (κ3) is 1.66. The molecule has 9 nitrogen and oxygen atoms in total. The lowest BCUT2D eigenvalue weighted by molar-refractivity contribution is -0.151. The lowest BCUT2D eigenvalue weighted by atomic mass is 9.87. The molecule has 1 unspecified atom stereocenters. The number of nitrogens with two attached hydrogens (primary N) is 1. The first-order valence-electron chi connectivity index (χ1n) is 5.98. The molecule has 0 radical (unpaired) electrons. The Bertz CT molecular complexity index is 698. The maximum atomic E-state index is 12.2. The quantitative estimate of drug-likeness (QED) is 0.527. The van der Waals surface area contributed by atoms with E-state index in [2.05, 4.69) is 22.1 Å². The number of rotatable bonds is 3. The van der Waals surface area contributed by atoms with Crippen LogP contribution in [0.3, 0.4) is 0 Å². The normalized spacial score (nSPS) is 28.2. The zero-order valence-electron chi connectivity index (χ0n) is 11.1. The Hall–Kier alpha value is -2.20. The average molecular weight is 308 g/mol. The summed E-state index contributed by atoms with van der Waals surface area (Å²) in [4.78, 5) is 25.0. The first-order chi connectivity index (χ1) is 9.91. The first kappa shape index (κ1) is 13.8. The molecule has 1 aromatic heterocycles. The summed E-state index contributed by atoms with van der Waals surface area (Å²) in [5, 5.41) is 20.0. The number of aliphatic carboxylic acids is 1. The van der Waals surface area contributed by atoms with E-state index in [1.807, 2.05) is 0 Å². The van der Waals surface area contributed by atoms with Crippen LogP contribution in [0.4, 0.5) is 0 Å². The highest BCUT2D eigenvalue weighted by Crippen LogP contribution is 2.47. The van der Waals surface area contributed by atoms with Crippen molar-refractivity contribution in [1.82, 2.24) is 25.1 Å². The van der Waals surface area contributed by atoms with E-state index in [-0.39, 0.29) is 5.70 Å². The van der Waals surface area contributed by atoms with E-state index in [9.17, 15) is 14.7 Å². The van der Waals surface area contributed by atoms with E-state index in [0.29, 0.717) is 17.2 Å². The molecule has 2 aliphatic rings. The van der Waals surface area contributed by atoms with Crippen LogP contribution in [0.25, 0.3) is 5.57 Å². The topological polar surface area (TPSA) is 127 Å². The summed E-state index contributed by atoms with van der Waals surface area (Å²) in [7, 11) is 1.60. The molecule has 2 atom stereocenters. The van der Waals surface area contributed by atoms with E-state index in [4.69, 9.17) is 5.73 Å². The van der Waals surface area contributed by atoms with Gasteiger partial charge in [-0.15, -0.1) is 23.4 Å². The molecule has 3 N–H and O–H groups in total. The number of hydrogen-bond donors (Lipinski definition) is 2. The monoisotopic (exact) mass is 308 g/mol. The number of fused-ring (bicyclic) bond motifs is 1. The van der Waals surface area contributed by atoms with E-state index in [1.54, 1.807) is 7.05 Å². The molecule has 1 aromatic rings. The van der Waals surface area contributed by atoms with Crippen molar-refractivity contribution in [1.29, 1.82) is 0 Å². The van der Waals surface area contributed by atoms with Crippen LogP contribution in [0.1, 0.15) is 5.82 Å². The summed E-state index contributed by atoms with van der Waals surface area (Å²) in [6.07, 6.45) is 1.36. The zero-order chi connectivity index (χ0) is 15.4. The minimum Gasteiger partial charge on any atom is -0.477 e. The van der Waals surface area contributed by atoms with Crippen molar-refractivity contribution in [2.45, 2.75) is 10.9 Å². The van der Waals surface area contributed by atoms with Crippen molar-refractivity contribution in [2.75, 3.05) is 5.75 Å². The minimum atomic E-state index is -1.23. The Kier molecular flexibility index (Phi) is 2.88. The lowest BCUT2D eigenvalue weighted by Crippen LogP contribution is -2.76. The Morgan fingerprint density at radius 1 is 1.67 bits per heavy atom. The van der Waals surface area contributed by atoms with Crippen molar-refractivity contribution in [3.63, 3.8) is 0 Å². The van der Waals surface area contributed by atoms with Crippen LogP contribution < -0.4 is 5.73 Å². The number of β-lactam (4-membered cyclic amide) rings is 1. The molecule has 0 bridgehead atoms. The zero-order valence-corrected chi connectivity index (χ0v) is 11.9. The minimum absolute atomic E-state index is 0.121. The summed E-state index contributed by atoms with van der Waals surface area (Å²) in [6.45, 7) is 3.56. The van der Waals surface area contributed by atoms with Gasteiger partial charge in [0, 0.05) is 18.4 Å². The molecule has 0 aliphatic carbocycles. The summed E-state index contributed by atoms with van der Waals surface area (Å²) in [6, 6.07) is 0. The van der Waals surface area contributed by atoms with Gasteiger partial charge in [0.25, 0.3) is 5.91 Å². The van der Waals surface area contributed by atoms with Gasteiger partial charge in [0.2, 0.25) is 0 Å². The highest BCUT2D eigenvalue weighted by Gasteiger charge is 2.61. The fourth-order valence-electron chi connectivity index (χ4n) is 2.45. The van der Waals surface area contributed by atoms with Crippen LogP contribution in [0.5, 0.6) is 0 Å². The fourth-order valence-corrected chi connectivity index (χ4v) is 3.86. The average Bonchev–Trinajstić information content (AvgIpc) is 2.90. The number of nitrogens with zero attached hydrogens (tertiary/aromatic N) is 5. The number of carbonyl (C=O) groups excluding carboxylic acids is 1. The van der Waals surface area contributed by atoms with Gasteiger partial charge in [-0.3, -0.25) is 9.69 Å². The number of aryl methyl sites for hydroxylation is 1.